The Bertz CT molecular complexity index is 1260. The molecule has 10 heteroatoms. The van der Waals surface area contributed by atoms with Crippen LogP contribution in [-0.4, -0.2) is 41.5 Å². The first-order valence-corrected chi connectivity index (χ1v) is 12.0. The number of benzene rings is 2. The summed E-state index contributed by atoms with van der Waals surface area (Å²) in [6.45, 7) is -0.326. The zero-order valence-electron chi connectivity index (χ0n) is 21.3. The van der Waals surface area contributed by atoms with Crippen LogP contribution in [0.15, 0.2) is 60.9 Å². The van der Waals surface area contributed by atoms with Crippen molar-refractivity contribution in [1.29, 1.82) is 0 Å². The zero-order chi connectivity index (χ0) is 27.9. The highest BCUT2D eigenvalue weighted by Crippen LogP contribution is 2.40. The molecule has 1 N–H and O–H groups in total. The number of aliphatic hydroxyl groups excluding tert-OH is 1. The third kappa shape index (κ3) is 7.00. The number of aliphatic hydroxyl groups is 1. The normalized spacial score (nSPS) is 17.5. The Balaban J connectivity index is 0.000000494. The van der Waals surface area contributed by atoms with Gasteiger partial charge < -0.3 is 19.1 Å². The van der Waals surface area contributed by atoms with E-state index >= 15 is 0 Å². The molecule has 0 radical (unpaired) electrons. The Kier molecular flexibility index (Phi) is 9.68. The van der Waals surface area contributed by atoms with Crippen LogP contribution in [0.25, 0.3) is 16.8 Å². The first-order chi connectivity index (χ1) is 18.1. The molecule has 0 unspecified atom stereocenters. The Morgan fingerprint density at radius 3 is 2.42 bits per heavy atom. The minimum atomic E-state index is -4.57. The second kappa shape index (κ2) is 12.7. The molecule has 3 aromatic rings. The van der Waals surface area contributed by atoms with E-state index in [-0.39, 0.29) is 41.5 Å². The van der Waals surface area contributed by atoms with Crippen molar-refractivity contribution in [2.45, 2.75) is 25.4 Å². The van der Waals surface area contributed by atoms with Gasteiger partial charge in [0.1, 0.15) is 17.3 Å². The summed E-state index contributed by atoms with van der Waals surface area (Å²) in [5.74, 6) is -0.156. The van der Waals surface area contributed by atoms with E-state index in [2.05, 4.69) is 4.98 Å². The molecule has 1 aliphatic rings. The van der Waals surface area contributed by atoms with E-state index in [1.807, 2.05) is 6.08 Å². The van der Waals surface area contributed by atoms with E-state index in [4.69, 9.17) is 9.47 Å². The number of methoxy groups -OCH3 is 2. The van der Waals surface area contributed by atoms with Crippen molar-refractivity contribution in [3.63, 3.8) is 0 Å². The molecule has 2 aromatic carbocycles. The zero-order valence-corrected chi connectivity index (χ0v) is 21.3. The third-order valence-electron chi connectivity index (χ3n) is 6.37. The van der Waals surface area contributed by atoms with Gasteiger partial charge in [-0.2, -0.15) is 13.2 Å². The standard InChI is InChI=1S/C22H25F3N2O4.C6H5F/c1-27-12-26-19(20(27)22(23,24)25)14-6-7-18(30-2)17(10-14)16(11-28)9-13-4-5-15(8-13)21(29)31-3;7-6-4-2-1-3-5-6/h6-7,9-10,12-13,15,28H,4-5,8,11H2,1-3H3;1-5H/b16-9+;/t13-,15+;/m1./s1. The van der Waals surface area contributed by atoms with Gasteiger partial charge in [0.15, 0.2) is 5.69 Å². The second-order valence-corrected chi connectivity index (χ2v) is 8.90. The molecule has 0 aliphatic heterocycles. The quantitative estimate of drug-likeness (QED) is 0.315. The number of halogens is 4. The number of nitrogens with zero attached hydrogens (tertiary/aromatic N) is 2. The van der Waals surface area contributed by atoms with Gasteiger partial charge in [-0.05, 0) is 61.1 Å². The third-order valence-corrected chi connectivity index (χ3v) is 6.37. The van der Waals surface area contributed by atoms with Gasteiger partial charge in [0.05, 0.1) is 33.1 Å². The van der Waals surface area contributed by atoms with Crippen molar-refractivity contribution in [3.05, 3.63) is 78.0 Å². The molecule has 1 fully saturated rings. The molecule has 0 bridgehead atoms. The van der Waals surface area contributed by atoms with Gasteiger partial charge in [0.25, 0.3) is 0 Å². The van der Waals surface area contributed by atoms with Gasteiger partial charge in [-0.3, -0.25) is 4.79 Å². The van der Waals surface area contributed by atoms with Crippen LogP contribution in [0, 0.1) is 17.7 Å². The lowest BCUT2D eigenvalue weighted by molar-refractivity contribution is -0.145. The van der Waals surface area contributed by atoms with Crippen molar-refractivity contribution in [2.75, 3.05) is 20.8 Å². The fraction of sp³-hybridized carbons (Fsp3) is 0.357. The van der Waals surface area contributed by atoms with Crippen LogP contribution in [0.4, 0.5) is 17.6 Å². The Morgan fingerprint density at radius 1 is 1.16 bits per heavy atom. The number of hydrogen-bond acceptors (Lipinski definition) is 5. The van der Waals surface area contributed by atoms with Gasteiger partial charge in [0, 0.05) is 18.2 Å². The van der Waals surface area contributed by atoms with Gasteiger partial charge in [-0.1, -0.05) is 24.3 Å². The van der Waals surface area contributed by atoms with Crippen LogP contribution in [0.3, 0.4) is 0 Å². The highest BCUT2D eigenvalue weighted by atomic mass is 19.4. The van der Waals surface area contributed by atoms with Crippen LogP contribution in [0.1, 0.15) is 30.5 Å². The summed E-state index contributed by atoms with van der Waals surface area (Å²) in [6.07, 6.45) is 0.458. The van der Waals surface area contributed by atoms with Crippen molar-refractivity contribution >= 4 is 11.5 Å². The first kappa shape index (κ1) is 28.9. The van der Waals surface area contributed by atoms with E-state index < -0.39 is 11.9 Å². The van der Waals surface area contributed by atoms with Crippen LogP contribution in [-0.2, 0) is 22.8 Å². The maximum absolute atomic E-state index is 13.5. The van der Waals surface area contributed by atoms with Crippen LogP contribution in [0.5, 0.6) is 5.75 Å². The van der Waals surface area contributed by atoms with E-state index in [0.717, 1.165) is 17.3 Å². The number of aryl methyl sites for hydroxylation is 1. The van der Waals surface area contributed by atoms with Crippen molar-refractivity contribution in [1.82, 2.24) is 9.55 Å². The maximum atomic E-state index is 13.5. The number of rotatable bonds is 6. The maximum Gasteiger partial charge on any atom is 0.433 e. The predicted octanol–water partition coefficient (Wildman–Crippen LogP) is 5.91. The number of hydrogen-bond donors (Lipinski definition) is 1. The molecule has 204 valence electrons. The van der Waals surface area contributed by atoms with E-state index in [1.165, 1.54) is 39.5 Å². The number of carbonyl (C=O) groups excluding carboxylic acids is 1. The lowest BCUT2D eigenvalue weighted by Crippen LogP contribution is -2.12. The molecule has 1 heterocycles. The van der Waals surface area contributed by atoms with Crippen LogP contribution < -0.4 is 4.74 Å². The average molecular weight is 535 g/mol. The molecule has 0 amide bonds. The summed E-state index contributed by atoms with van der Waals surface area (Å²) in [7, 11) is 4.10. The number of allylic oxidation sites excluding steroid dienone is 1. The molecule has 0 saturated heterocycles. The van der Waals surface area contributed by atoms with E-state index in [0.29, 0.717) is 29.7 Å². The highest BCUT2D eigenvalue weighted by Gasteiger charge is 2.38. The minimum Gasteiger partial charge on any atom is -0.496 e. The number of aromatic nitrogens is 2. The Morgan fingerprint density at radius 2 is 1.87 bits per heavy atom. The van der Waals surface area contributed by atoms with E-state index in [1.54, 1.807) is 30.3 Å². The molecule has 38 heavy (non-hydrogen) atoms. The molecule has 0 spiro atoms. The van der Waals surface area contributed by atoms with Gasteiger partial charge in [0.2, 0.25) is 0 Å². The summed E-state index contributed by atoms with van der Waals surface area (Å²) in [5, 5.41) is 10.0. The number of alkyl halides is 3. The second-order valence-electron chi connectivity index (χ2n) is 8.90. The highest BCUT2D eigenvalue weighted by molar-refractivity contribution is 5.77. The number of carbonyl (C=O) groups is 1. The Hall–Kier alpha value is -3.66. The van der Waals surface area contributed by atoms with Crippen molar-refractivity contribution in [2.24, 2.45) is 18.9 Å². The summed E-state index contributed by atoms with van der Waals surface area (Å²) in [4.78, 5) is 15.7. The Labute approximate surface area is 218 Å². The molecule has 2 atom stereocenters. The number of esters is 1. The van der Waals surface area contributed by atoms with Crippen molar-refractivity contribution in [3.8, 4) is 17.0 Å². The summed E-state index contributed by atoms with van der Waals surface area (Å²) >= 11 is 0. The van der Waals surface area contributed by atoms with E-state index in [9.17, 15) is 27.5 Å². The predicted molar refractivity (Wildman–Crippen MR) is 135 cm³/mol. The lowest BCUT2D eigenvalue weighted by Gasteiger charge is -2.15. The summed E-state index contributed by atoms with van der Waals surface area (Å²) < 4.78 is 63.6. The van der Waals surface area contributed by atoms with Crippen LogP contribution in [0.2, 0.25) is 0 Å². The summed E-state index contributed by atoms with van der Waals surface area (Å²) in [5.41, 5.74) is 0.237. The molecular formula is C28H30F4N2O4. The molecule has 1 saturated carbocycles. The lowest BCUT2D eigenvalue weighted by atomic mass is 9.95. The average Bonchev–Trinajstić information content (AvgIpc) is 3.54. The molecule has 4 rings (SSSR count). The molecule has 6 nitrogen and oxygen atoms in total. The van der Waals surface area contributed by atoms with Crippen LogP contribution >= 0.6 is 0 Å². The topological polar surface area (TPSA) is 73.6 Å². The van der Waals surface area contributed by atoms with Gasteiger partial charge >= 0.3 is 12.1 Å². The number of imidazole rings is 1. The van der Waals surface area contributed by atoms with Crippen molar-refractivity contribution < 1.29 is 36.9 Å². The first-order valence-electron chi connectivity index (χ1n) is 12.0. The SMILES string of the molecule is COC(=O)[C@H]1CC[C@@H](/C=C(\CO)c2cc(-c3ncn(C)c3C(F)(F)F)ccc2OC)C1.Fc1ccccc1. The fourth-order valence-electron chi connectivity index (χ4n) is 4.56. The fourth-order valence-corrected chi connectivity index (χ4v) is 4.56. The summed E-state index contributed by atoms with van der Waals surface area (Å²) in [6, 6.07) is 12.6. The largest absolute Gasteiger partial charge is 0.496 e. The molecular weight excluding hydrogens is 504 g/mol. The minimum absolute atomic E-state index is 0.0419. The van der Waals surface area contributed by atoms with Gasteiger partial charge in [-0.25, -0.2) is 9.37 Å². The molecule has 1 aromatic heterocycles. The van der Waals surface area contributed by atoms with Gasteiger partial charge in [-0.15, -0.1) is 0 Å². The monoisotopic (exact) mass is 534 g/mol. The molecule has 1 aliphatic carbocycles. The number of ether oxygens (including phenoxy) is 2. The smallest absolute Gasteiger partial charge is 0.433 e.